The number of hydrogen-bond donors (Lipinski definition) is 1. The Morgan fingerprint density at radius 3 is 2.38 bits per heavy atom. The highest BCUT2D eigenvalue weighted by Crippen LogP contribution is 2.36. The van der Waals surface area contributed by atoms with Gasteiger partial charge in [-0.25, -0.2) is 4.90 Å². The number of carbonyl (C=O) groups is 3. The third-order valence-electron chi connectivity index (χ3n) is 4.50. The highest BCUT2D eigenvalue weighted by Gasteiger charge is 2.36. The summed E-state index contributed by atoms with van der Waals surface area (Å²) in [4.78, 5) is 47.9. The maximum atomic E-state index is 12.8. The summed E-state index contributed by atoms with van der Waals surface area (Å²) in [6.45, 7) is 1.39. The Balaban J connectivity index is 1.53. The zero-order valence-electron chi connectivity index (χ0n) is 16.6. The van der Waals surface area contributed by atoms with Gasteiger partial charge in [0.25, 0.3) is 16.8 Å². The second kappa shape index (κ2) is 8.52. The topological polar surface area (TPSA) is 123 Å². The Morgan fingerprint density at radius 1 is 1.06 bits per heavy atom. The van der Waals surface area contributed by atoms with Crippen molar-refractivity contribution in [3.63, 3.8) is 0 Å². The lowest BCUT2D eigenvalue weighted by atomic mass is 10.1. The number of carbonyl (C=O) groups excluding carboxylic acids is 3. The summed E-state index contributed by atoms with van der Waals surface area (Å²) in [5, 5.41) is 13.0. The number of furan rings is 1. The van der Waals surface area contributed by atoms with Crippen LogP contribution in [0.3, 0.4) is 0 Å². The van der Waals surface area contributed by atoms with Gasteiger partial charge in [-0.2, -0.15) is 0 Å². The van der Waals surface area contributed by atoms with Gasteiger partial charge < -0.3 is 9.73 Å². The predicted octanol–water partition coefficient (Wildman–Crippen LogP) is 5.05. The van der Waals surface area contributed by atoms with Crippen LogP contribution in [0, 0.1) is 10.1 Å². The summed E-state index contributed by atoms with van der Waals surface area (Å²) in [7, 11) is 0. The second-order valence-electron chi connectivity index (χ2n) is 6.75. The molecular weight excluding hydrogens is 434 g/mol. The molecule has 0 radical (unpaired) electrons. The van der Waals surface area contributed by atoms with Gasteiger partial charge in [-0.1, -0.05) is 0 Å². The van der Waals surface area contributed by atoms with E-state index in [1.54, 1.807) is 48.5 Å². The minimum atomic E-state index is -0.486. The van der Waals surface area contributed by atoms with Crippen molar-refractivity contribution in [3.05, 3.63) is 81.4 Å². The van der Waals surface area contributed by atoms with Crippen molar-refractivity contribution in [1.29, 1.82) is 0 Å². The van der Waals surface area contributed by atoms with E-state index in [1.807, 2.05) is 0 Å². The first kappa shape index (κ1) is 21.1. The molecule has 160 valence electrons. The number of hydrogen-bond acceptors (Lipinski definition) is 7. The number of amides is 3. The lowest BCUT2D eigenvalue weighted by Gasteiger charge is -2.13. The molecule has 1 aliphatic rings. The van der Waals surface area contributed by atoms with Crippen molar-refractivity contribution in [2.75, 3.05) is 10.2 Å². The molecule has 0 atom stereocenters. The first-order valence-corrected chi connectivity index (χ1v) is 10.1. The lowest BCUT2D eigenvalue weighted by molar-refractivity contribution is -0.384. The molecule has 1 aromatic heterocycles. The second-order valence-corrected chi connectivity index (χ2v) is 7.74. The summed E-state index contributed by atoms with van der Waals surface area (Å²) in [5.41, 5.74) is 1.55. The third-order valence-corrected chi connectivity index (χ3v) is 5.37. The van der Waals surface area contributed by atoms with Crippen molar-refractivity contribution in [3.8, 4) is 11.3 Å². The Morgan fingerprint density at radius 2 is 1.75 bits per heavy atom. The van der Waals surface area contributed by atoms with Crippen LogP contribution in [0.4, 0.5) is 21.9 Å². The monoisotopic (exact) mass is 449 g/mol. The smallest absolute Gasteiger partial charge is 0.298 e. The summed E-state index contributed by atoms with van der Waals surface area (Å²) >= 11 is 0.790. The number of nitrogens with one attached hydrogen (secondary N) is 1. The number of nitro benzene ring substituents is 1. The number of imide groups is 1. The largest absolute Gasteiger partial charge is 0.457 e. The minimum Gasteiger partial charge on any atom is -0.457 e. The van der Waals surface area contributed by atoms with Gasteiger partial charge in [-0.05, 0) is 60.3 Å². The molecule has 3 amide bonds. The van der Waals surface area contributed by atoms with Crippen LogP contribution in [-0.2, 0) is 9.59 Å². The van der Waals surface area contributed by atoms with Crippen molar-refractivity contribution in [1.82, 2.24) is 0 Å². The van der Waals surface area contributed by atoms with Gasteiger partial charge in [0.05, 0.1) is 15.5 Å². The summed E-state index contributed by atoms with van der Waals surface area (Å²) < 4.78 is 5.73. The van der Waals surface area contributed by atoms with Gasteiger partial charge in [0, 0.05) is 36.4 Å². The molecule has 1 saturated heterocycles. The van der Waals surface area contributed by atoms with Gasteiger partial charge in [0.2, 0.25) is 5.91 Å². The molecule has 1 aliphatic heterocycles. The molecule has 0 unspecified atom stereocenters. The van der Waals surface area contributed by atoms with E-state index in [-0.39, 0.29) is 16.5 Å². The number of nitrogens with zero attached hydrogens (tertiary/aromatic N) is 2. The SMILES string of the molecule is CC(=O)Nc1ccc(N2C(=O)S/C(=C/c3ccc(-c4ccc([N+](=O)[O-])cc4)o3)C2=O)cc1. The number of anilines is 2. The van der Waals surface area contributed by atoms with E-state index in [2.05, 4.69) is 5.32 Å². The molecule has 0 aliphatic carbocycles. The van der Waals surface area contributed by atoms with Crippen molar-refractivity contribution in [2.45, 2.75) is 6.92 Å². The van der Waals surface area contributed by atoms with Crippen LogP contribution in [0.15, 0.2) is 70.0 Å². The molecule has 0 spiro atoms. The standard InChI is InChI=1S/C22H15N3O6S/c1-13(26)23-15-4-8-16(9-5-15)24-21(27)20(32-22(24)28)12-18-10-11-19(31-18)14-2-6-17(7-3-14)25(29)30/h2-12H,1H3,(H,23,26)/b20-12+. The van der Waals surface area contributed by atoms with E-state index in [4.69, 9.17) is 4.42 Å². The van der Waals surface area contributed by atoms with Crippen LogP contribution < -0.4 is 10.2 Å². The average molecular weight is 449 g/mol. The van der Waals surface area contributed by atoms with E-state index in [0.29, 0.717) is 28.5 Å². The number of thioether (sulfide) groups is 1. The van der Waals surface area contributed by atoms with Crippen LogP contribution in [0.2, 0.25) is 0 Å². The highest BCUT2D eigenvalue weighted by molar-refractivity contribution is 8.19. The maximum Gasteiger partial charge on any atom is 0.298 e. The molecule has 4 rings (SSSR count). The first-order chi connectivity index (χ1) is 15.3. The maximum absolute atomic E-state index is 12.8. The first-order valence-electron chi connectivity index (χ1n) is 9.32. The molecule has 1 fully saturated rings. The van der Waals surface area contributed by atoms with E-state index in [0.717, 1.165) is 16.7 Å². The Bertz CT molecular complexity index is 1260. The normalized spacial score (nSPS) is 14.8. The summed E-state index contributed by atoms with van der Waals surface area (Å²) in [6.07, 6.45) is 1.48. The fourth-order valence-corrected chi connectivity index (χ4v) is 3.87. The summed E-state index contributed by atoms with van der Waals surface area (Å²) in [6, 6.07) is 15.6. The lowest BCUT2D eigenvalue weighted by Crippen LogP contribution is -2.27. The molecule has 10 heteroatoms. The zero-order valence-corrected chi connectivity index (χ0v) is 17.4. The molecule has 9 nitrogen and oxygen atoms in total. The van der Waals surface area contributed by atoms with Crippen LogP contribution >= 0.6 is 11.8 Å². The Kier molecular flexibility index (Phi) is 5.61. The molecule has 0 bridgehead atoms. The van der Waals surface area contributed by atoms with Crippen LogP contribution in [0.25, 0.3) is 17.4 Å². The molecule has 2 heterocycles. The number of rotatable bonds is 5. The van der Waals surface area contributed by atoms with E-state index < -0.39 is 16.1 Å². The van der Waals surface area contributed by atoms with Crippen LogP contribution in [-0.4, -0.2) is 22.0 Å². The quantitative estimate of drug-likeness (QED) is 0.328. The average Bonchev–Trinajstić information content (AvgIpc) is 3.33. The fourth-order valence-electron chi connectivity index (χ4n) is 3.05. The number of non-ortho nitro benzene ring substituents is 1. The fraction of sp³-hybridized carbons (Fsp3) is 0.0455. The van der Waals surface area contributed by atoms with Crippen molar-refractivity contribution < 1.29 is 23.7 Å². The molecule has 32 heavy (non-hydrogen) atoms. The molecular formula is C22H15N3O6S. The van der Waals surface area contributed by atoms with Crippen LogP contribution in [0.5, 0.6) is 0 Å². The van der Waals surface area contributed by atoms with Gasteiger partial charge in [0.15, 0.2) is 0 Å². The molecule has 3 aromatic rings. The van der Waals surface area contributed by atoms with Gasteiger partial charge in [0.1, 0.15) is 11.5 Å². The predicted molar refractivity (Wildman–Crippen MR) is 120 cm³/mol. The zero-order chi connectivity index (χ0) is 22.8. The molecule has 2 aromatic carbocycles. The third kappa shape index (κ3) is 4.30. The van der Waals surface area contributed by atoms with Crippen LogP contribution in [0.1, 0.15) is 12.7 Å². The van der Waals surface area contributed by atoms with Crippen molar-refractivity contribution >= 4 is 52.0 Å². The summed E-state index contributed by atoms with van der Waals surface area (Å²) in [5.74, 6) is 0.128. The van der Waals surface area contributed by atoms with E-state index >= 15 is 0 Å². The van der Waals surface area contributed by atoms with Gasteiger partial charge in [-0.15, -0.1) is 0 Å². The highest BCUT2D eigenvalue weighted by atomic mass is 32.2. The number of benzene rings is 2. The van der Waals surface area contributed by atoms with Gasteiger partial charge in [-0.3, -0.25) is 24.5 Å². The Hall–Kier alpha value is -4.18. The minimum absolute atomic E-state index is 0.0284. The Labute approximate surface area is 185 Å². The van der Waals surface area contributed by atoms with Crippen molar-refractivity contribution in [2.24, 2.45) is 0 Å². The van der Waals surface area contributed by atoms with Gasteiger partial charge >= 0.3 is 0 Å². The van der Waals surface area contributed by atoms with E-state index in [1.165, 1.54) is 25.1 Å². The molecule has 1 N–H and O–H groups in total. The molecule has 0 saturated carbocycles. The number of nitro groups is 1. The van der Waals surface area contributed by atoms with E-state index in [9.17, 15) is 24.5 Å².